The van der Waals surface area contributed by atoms with Crippen LogP contribution in [-0.4, -0.2) is 13.4 Å². The van der Waals surface area contributed by atoms with Gasteiger partial charge in [-0.15, -0.1) is 11.8 Å². The topological polar surface area (TPSA) is 35.2 Å². The number of benzene rings is 2. The number of halogens is 1. The van der Waals surface area contributed by atoms with E-state index in [1.807, 2.05) is 36.6 Å². The molecule has 0 saturated carbocycles. The van der Waals surface area contributed by atoms with Gasteiger partial charge in [0, 0.05) is 4.90 Å². The maximum absolute atomic E-state index is 6.35. The van der Waals surface area contributed by atoms with E-state index in [1.165, 1.54) is 4.90 Å². The van der Waals surface area contributed by atoms with Gasteiger partial charge in [0.2, 0.25) is 0 Å². The zero-order valence-electron chi connectivity index (χ0n) is 10.9. The van der Waals surface area contributed by atoms with Crippen molar-refractivity contribution in [1.82, 2.24) is 0 Å². The summed E-state index contributed by atoms with van der Waals surface area (Å²) in [5.74, 6) is 0.649. The molecule has 0 aliphatic rings. The lowest BCUT2D eigenvalue weighted by Crippen LogP contribution is -2.13. The molecule has 0 radical (unpaired) electrons. The van der Waals surface area contributed by atoms with E-state index in [9.17, 15) is 0 Å². The molecule has 2 aromatic carbocycles. The van der Waals surface area contributed by atoms with E-state index in [0.29, 0.717) is 10.8 Å². The molecule has 0 amide bonds. The molecule has 100 valence electrons. The molecule has 0 heterocycles. The second-order valence-electron chi connectivity index (χ2n) is 4.11. The largest absolute Gasteiger partial charge is 0.495 e. The Morgan fingerprint density at radius 1 is 1.21 bits per heavy atom. The maximum atomic E-state index is 6.35. The predicted molar refractivity (Wildman–Crippen MR) is 82.3 cm³/mol. The van der Waals surface area contributed by atoms with Crippen LogP contribution >= 0.6 is 23.4 Å². The molecule has 0 saturated heterocycles. The Morgan fingerprint density at radius 3 is 2.63 bits per heavy atom. The maximum Gasteiger partial charge on any atom is 0.137 e. The normalized spacial score (nSPS) is 12.2. The molecule has 0 aliphatic heterocycles. The van der Waals surface area contributed by atoms with Gasteiger partial charge in [0.05, 0.1) is 18.2 Å². The summed E-state index contributed by atoms with van der Waals surface area (Å²) in [6, 6.07) is 13.6. The number of rotatable bonds is 4. The Bertz CT molecular complexity index is 574. The van der Waals surface area contributed by atoms with E-state index in [-0.39, 0.29) is 6.04 Å². The number of hydrogen-bond donors (Lipinski definition) is 1. The van der Waals surface area contributed by atoms with Crippen LogP contribution in [0.2, 0.25) is 5.02 Å². The highest BCUT2D eigenvalue weighted by atomic mass is 35.5. The minimum atomic E-state index is -0.185. The van der Waals surface area contributed by atoms with Crippen molar-refractivity contribution in [2.24, 2.45) is 5.73 Å². The van der Waals surface area contributed by atoms with Gasteiger partial charge < -0.3 is 10.5 Å². The summed E-state index contributed by atoms with van der Waals surface area (Å²) in [6.45, 7) is 0. The van der Waals surface area contributed by atoms with E-state index < -0.39 is 0 Å². The van der Waals surface area contributed by atoms with Crippen molar-refractivity contribution in [3.8, 4) is 5.75 Å². The van der Waals surface area contributed by atoms with Crippen molar-refractivity contribution in [3.63, 3.8) is 0 Å². The third kappa shape index (κ3) is 3.06. The fourth-order valence-corrected chi connectivity index (χ4v) is 2.81. The van der Waals surface area contributed by atoms with E-state index in [1.54, 1.807) is 18.9 Å². The lowest BCUT2D eigenvalue weighted by molar-refractivity contribution is 0.414. The van der Waals surface area contributed by atoms with Crippen LogP contribution in [0.1, 0.15) is 17.2 Å². The summed E-state index contributed by atoms with van der Waals surface area (Å²) < 4.78 is 5.24. The standard InChI is InChI=1S/C15H16ClNOS/c1-18-13-9-10(7-8-12(13)16)15(17)11-5-3-4-6-14(11)19-2/h3-9,15H,17H2,1-2H3. The fourth-order valence-electron chi connectivity index (χ4n) is 1.97. The van der Waals surface area contributed by atoms with Gasteiger partial charge in [0.25, 0.3) is 0 Å². The van der Waals surface area contributed by atoms with E-state index in [4.69, 9.17) is 22.1 Å². The molecular weight excluding hydrogens is 278 g/mol. The van der Waals surface area contributed by atoms with Crippen LogP contribution in [0, 0.1) is 0 Å². The van der Waals surface area contributed by atoms with Gasteiger partial charge in [0.1, 0.15) is 5.75 Å². The van der Waals surface area contributed by atoms with E-state index in [0.717, 1.165) is 11.1 Å². The average Bonchev–Trinajstić information content (AvgIpc) is 2.47. The van der Waals surface area contributed by atoms with Crippen molar-refractivity contribution in [1.29, 1.82) is 0 Å². The summed E-state index contributed by atoms with van der Waals surface area (Å²) in [5, 5.41) is 0.594. The third-order valence-corrected chi connectivity index (χ3v) is 4.13. The summed E-state index contributed by atoms with van der Waals surface area (Å²) in [5.41, 5.74) is 8.45. The molecule has 1 atom stereocenters. The average molecular weight is 294 g/mol. The molecule has 2 rings (SSSR count). The molecule has 19 heavy (non-hydrogen) atoms. The van der Waals surface area contributed by atoms with Gasteiger partial charge in [-0.3, -0.25) is 0 Å². The van der Waals surface area contributed by atoms with Gasteiger partial charge in [0.15, 0.2) is 0 Å². The van der Waals surface area contributed by atoms with Crippen molar-refractivity contribution < 1.29 is 4.74 Å². The molecule has 2 aromatic rings. The molecule has 2 nitrogen and oxygen atoms in total. The van der Waals surface area contributed by atoms with Gasteiger partial charge in [-0.1, -0.05) is 35.9 Å². The number of methoxy groups -OCH3 is 1. The molecule has 0 bridgehead atoms. The quantitative estimate of drug-likeness (QED) is 0.861. The summed E-state index contributed by atoms with van der Waals surface area (Å²) >= 11 is 7.73. The summed E-state index contributed by atoms with van der Waals surface area (Å²) in [4.78, 5) is 1.18. The van der Waals surface area contributed by atoms with E-state index in [2.05, 4.69) is 12.1 Å². The van der Waals surface area contributed by atoms with Gasteiger partial charge in [-0.05, 0) is 35.6 Å². The number of hydrogen-bond acceptors (Lipinski definition) is 3. The van der Waals surface area contributed by atoms with Crippen LogP contribution in [-0.2, 0) is 0 Å². The van der Waals surface area contributed by atoms with Crippen molar-refractivity contribution in [3.05, 3.63) is 58.6 Å². The SMILES string of the molecule is COc1cc(C(N)c2ccccc2SC)ccc1Cl. The Balaban J connectivity index is 2.41. The summed E-state index contributed by atoms with van der Waals surface area (Å²) in [6.07, 6.45) is 2.05. The minimum absolute atomic E-state index is 0.185. The highest BCUT2D eigenvalue weighted by molar-refractivity contribution is 7.98. The van der Waals surface area contributed by atoms with Crippen LogP contribution < -0.4 is 10.5 Å². The lowest BCUT2D eigenvalue weighted by Gasteiger charge is -2.17. The minimum Gasteiger partial charge on any atom is -0.495 e. The predicted octanol–water partition coefficient (Wildman–Crippen LogP) is 4.12. The van der Waals surface area contributed by atoms with Crippen LogP contribution in [0.25, 0.3) is 0 Å². The van der Waals surface area contributed by atoms with Crippen LogP contribution in [0.5, 0.6) is 5.75 Å². The highest BCUT2D eigenvalue weighted by Gasteiger charge is 2.14. The Labute approximate surface area is 122 Å². The van der Waals surface area contributed by atoms with Crippen molar-refractivity contribution in [2.75, 3.05) is 13.4 Å². The Hall–Kier alpha value is -1.16. The zero-order valence-corrected chi connectivity index (χ0v) is 12.5. The lowest BCUT2D eigenvalue weighted by atomic mass is 9.99. The molecule has 0 aliphatic carbocycles. The Kier molecular flexibility index (Phi) is 4.75. The first-order chi connectivity index (χ1) is 9.17. The smallest absolute Gasteiger partial charge is 0.137 e. The van der Waals surface area contributed by atoms with Gasteiger partial charge >= 0.3 is 0 Å². The molecule has 0 spiro atoms. The van der Waals surface area contributed by atoms with Crippen LogP contribution in [0.4, 0.5) is 0 Å². The molecule has 0 fully saturated rings. The number of ether oxygens (including phenoxy) is 1. The Morgan fingerprint density at radius 2 is 1.95 bits per heavy atom. The molecule has 1 unspecified atom stereocenters. The van der Waals surface area contributed by atoms with Gasteiger partial charge in [-0.25, -0.2) is 0 Å². The van der Waals surface area contributed by atoms with Crippen LogP contribution in [0.15, 0.2) is 47.4 Å². The fraction of sp³-hybridized carbons (Fsp3) is 0.200. The first-order valence-electron chi connectivity index (χ1n) is 5.89. The third-order valence-electron chi connectivity index (χ3n) is 3.01. The second-order valence-corrected chi connectivity index (χ2v) is 5.37. The first kappa shape index (κ1) is 14.3. The van der Waals surface area contributed by atoms with Crippen molar-refractivity contribution in [2.45, 2.75) is 10.9 Å². The first-order valence-corrected chi connectivity index (χ1v) is 7.49. The van der Waals surface area contributed by atoms with Crippen molar-refractivity contribution >= 4 is 23.4 Å². The molecule has 0 aromatic heterocycles. The zero-order chi connectivity index (χ0) is 13.8. The number of thioether (sulfide) groups is 1. The monoisotopic (exact) mass is 293 g/mol. The van der Waals surface area contributed by atoms with Gasteiger partial charge in [-0.2, -0.15) is 0 Å². The molecule has 4 heteroatoms. The second kappa shape index (κ2) is 6.33. The molecular formula is C15H16ClNOS. The summed E-state index contributed by atoms with van der Waals surface area (Å²) in [7, 11) is 1.60. The number of nitrogens with two attached hydrogens (primary N) is 1. The highest BCUT2D eigenvalue weighted by Crippen LogP contribution is 2.32. The van der Waals surface area contributed by atoms with Crippen LogP contribution in [0.3, 0.4) is 0 Å². The molecule has 2 N–H and O–H groups in total. The van der Waals surface area contributed by atoms with E-state index >= 15 is 0 Å².